The van der Waals surface area contributed by atoms with Crippen LogP contribution >= 0.6 is 0 Å². The Morgan fingerprint density at radius 2 is 2.17 bits per heavy atom. The third-order valence-corrected chi connectivity index (χ3v) is 2.42. The summed E-state index contributed by atoms with van der Waals surface area (Å²) in [5.41, 5.74) is 0. The van der Waals surface area contributed by atoms with Crippen molar-refractivity contribution in [3.8, 4) is 0 Å². The lowest BCUT2D eigenvalue weighted by Gasteiger charge is -2.14. The Hall–Kier alpha value is -0.610. The predicted molar refractivity (Wildman–Crippen MR) is 41.9 cm³/mol. The minimum atomic E-state index is -0.745. The van der Waals surface area contributed by atoms with E-state index >= 15 is 0 Å². The summed E-state index contributed by atoms with van der Waals surface area (Å²) < 4.78 is 5.12. The number of aliphatic carboxylic acids is 1. The highest BCUT2D eigenvalue weighted by atomic mass is 16.5. The van der Waals surface area contributed by atoms with Gasteiger partial charge in [0, 0.05) is 12.1 Å². The molecule has 2 unspecified atom stereocenters. The number of carboxylic acid groups (broad SMARTS) is 1. The second-order valence-corrected chi connectivity index (χ2v) is 3.53. The first kappa shape index (κ1) is 8.01. The Kier molecular flexibility index (Phi) is 2.02. The molecule has 0 amide bonds. The summed E-state index contributed by atoms with van der Waals surface area (Å²) in [5, 5.41) is 12.1. The van der Waals surface area contributed by atoms with Gasteiger partial charge in [0.25, 0.3) is 0 Å². The summed E-state index contributed by atoms with van der Waals surface area (Å²) >= 11 is 0. The van der Waals surface area contributed by atoms with Gasteiger partial charge in [0.15, 0.2) is 0 Å². The van der Waals surface area contributed by atoms with Crippen LogP contribution in [0.25, 0.3) is 0 Å². The zero-order valence-electron chi connectivity index (χ0n) is 6.82. The molecule has 2 aliphatic rings. The van der Waals surface area contributed by atoms with Gasteiger partial charge in [-0.1, -0.05) is 0 Å². The fourth-order valence-corrected chi connectivity index (χ4v) is 1.51. The molecule has 1 aliphatic heterocycles. The fraction of sp³-hybridized carbons (Fsp3) is 0.875. The molecule has 1 saturated carbocycles. The van der Waals surface area contributed by atoms with E-state index < -0.39 is 5.97 Å². The van der Waals surface area contributed by atoms with Crippen molar-refractivity contribution in [2.24, 2.45) is 5.92 Å². The van der Waals surface area contributed by atoms with Crippen LogP contribution in [0.3, 0.4) is 0 Å². The third-order valence-electron chi connectivity index (χ3n) is 2.42. The third kappa shape index (κ3) is 1.59. The van der Waals surface area contributed by atoms with E-state index in [4.69, 9.17) is 9.84 Å². The van der Waals surface area contributed by atoms with Crippen LogP contribution in [0, 0.1) is 5.92 Å². The standard InChI is InChI=1S/C8H13NO3/c10-8(11)6-3-12-4-7(6)9-5-1-2-5/h5-7,9H,1-4H2,(H,10,11). The molecule has 0 radical (unpaired) electrons. The second-order valence-electron chi connectivity index (χ2n) is 3.53. The van der Waals surface area contributed by atoms with E-state index in [1.54, 1.807) is 0 Å². The molecule has 0 aromatic heterocycles. The molecule has 2 N–H and O–H groups in total. The average molecular weight is 171 g/mol. The molecule has 0 aromatic carbocycles. The molecule has 68 valence electrons. The van der Waals surface area contributed by atoms with Crippen LogP contribution in [-0.4, -0.2) is 36.4 Å². The van der Waals surface area contributed by atoms with Gasteiger partial charge in [-0.15, -0.1) is 0 Å². The number of carbonyl (C=O) groups is 1. The quantitative estimate of drug-likeness (QED) is 0.619. The Morgan fingerprint density at radius 1 is 1.42 bits per heavy atom. The zero-order valence-corrected chi connectivity index (χ0v) is 6.82. The molecule has 0 aromatic rings. The zero-order chi connectivity index (χ0) is 8.55. The summed E-state index contributed by atoms with van der Waals surface area (Å²) in [4.78, 5) is 10.7. The van der Waals surface area contributed by atoms with Crippen LogP contribution in [-0.2, 0) is 9.53 Å². The van der Waals surface area contributed by atoms with E-state index in [0.29, 0.717) is 19.3 Å². The van der Waals surface area contributed by atoms with Gasteiger partial charge in [0.2, 0.25) is 0 Å². The van der Waals surface area contributed by atoms with Crippen molar-refractivity contribution in [1.29, 1.82) is 0 Å². The maximum absolute atomic E-state index is 10.7. The van der Waals surface area contributed by atoms with Crippen LogP contribution in [0.4, 0.5) is 0 Å². The molecule has 2 rings (SSSR count). The topological polar surface area (TPSA) is 58.6 Å². The van der Waals surface area contributed by atoms with E-state index in [9.17, 15) is 4.79 Å². The normalized spacial score (nSPS) is 35.3. The lowest BCUT2D eigenvalue weighted by atomic mass is 10.0. The lowest BCUT2D eigenvalue weighted by molar-refractivity contribution is -0.142. The molecule has 2 atom stereocenters. The number of hydrogen-bond acceptors (Lipinski definition) is 3. The first-order valence-electron chi connectivity index (χ1n) is 4.34. The van der Waals surface area contributed by atoms with E-state index in [0.717, 1.165) is 0 Å². The maximum Gasteiger partial charge on any atom is 0.310 e. The molecular formula is C8H13NO3. The number of nitrogens with one attached hydrogen (secondary N) is 1. The van der Waals surface area contributed by atoms with Gasteiger partial charge < -0.3 is 15.2 Å². The van der Waals surface area contributed by atoms with Crippen molar-refractivity contribution in [2.45, 2.75) is 24.9 Å². The van der Waals surface area contributed by atoms with Crippen molar-refractivity contribution in [1.82, 2.24) is 5.32 Å². The SMILES string of the molecule is O=C(O)C1COCC1NC1CC1. The van der Waals surface area contributed by atoms with Crippen LogP contribution in [0.15, 0.2) is 0 Å². The number of rotatable bonds is 3. The highest BCUT2D eigenvalue weighted by Gasteiger charge is 2.37. The Bertz CT molecular complexity index is 191. The number of carboxylic acids is 1. The van der Waals surface area contributed by atoms with E-state index in [1.165, 1.54) is 12.8 Å². The Balaban J connectivity index is 1.88. The van der Waals surface area contributed by atoms with Gasteiger partial charge in [-0.2, -0.15) is 0 Å². The van der Waals surface area contributed by atoms with Crippen molar-refractivity contribution < 1.29 is 14.6 Å². The van der Waals surface area contributed by atoms with Crippen LogP contribution < -0.4 is 5.32 Å². The Labute approximate surface area is 70.9 Å². The summed E-state index contributed by atoms with van der Waals surface area (Å²) in [7, 11) is 0. The van der Waals surface area contributed by atoms with Crippen molar-refractivity contribution in [2.75, 3.05) is 13.2 Å². The molecule has 1 saturated heterocycles. The van der Waals surface area contributed by atoms with Crippen LogP contribution in [0.1, 0.15) is 12.8 Å². The van der Waals surface area contributed by atoms with Crippen LogP contribution in [0.2, 0.25) is 0 Å². The Morgan fingerprint density at radius 3 is 2.75 bits per heavy atom. The minimum absolute atomic E-state index is 0.0370. The molecule has 0 bridgehead atoms. The summed E-state index contributed by atoms with van der Waals surface area (Å²) in [5.74, 6) is -1.09. The lowest BCUT2D eigenvalue weighted by Crippen LogP contribution is -2.40. The molecule has 1 aliphatic carbocycles. The number of hydrogen-bond donors (Lipinski definition) is 2. The van der Waals surface area contributed by atoms with Crippen molar-refractivity contribution in [3.63, 3.8) is 0 Å². The predicted octanol–water partition coefficient (Wildman–Crippen LogP) is -0.162. The van der Waals surface area contributed by atoms with Gasteiger partial charge in [0.1, 0.15) is 0 Å². The smallest absolute Gasteiger partial charge is 0.310 e. The molecule has 1 heterocycles. The molecule has 4 nitrogen and oxygen atoms in total. The van der Waals surface area contributed by atoms with Gasteiger partial charge >= 0.3 is 5.97 Å². The van der Waals surface area contributed by atoms with Gasteiger partial charge in [-0.3, -0.25) is 4.79 Å². The van der Waals surface area contributed by atoms with Gasteiger partial charge in [-0.05, 0) is 12.8 Å². The first-order valence-corrected chi connectivity index (χ1v) is 4.34. The minimum Gasteiger partial charge on any atom is -0.481 e. The van der Waals surface area contributed by atoms with Crippen molar-refractivity contribution >= 4 is 5.97 Å². The van der Waals surface area contributed by atoms with Crippen LogP contribution in [0.5, 0.6) is 0 Å². The maximum atomic E-state index is 10.7. The largest absolute Gasteiger partial charge is 0.481 e. The van der Waals surface area contributed by atoms with Gasteiger partial charge in [-0.25, -0.2) is 0 Å². The summed E-state index contributed by atoms with van der Waals surface area (Å²) in [6, 6.07) is 0.591. The number of ether oxygens (including phenoxy) is 1. The van der Waals surface area contributed by atoms with E-state index in [-0.39, 0.29) is 12.0 Å². The van der Waals surface area contributed by atoms with E-state index in [1.807, 2.05) is 0 Å². The highest BCUT2D eigenvalue weighted by molar-refractivity contribution is 5.71. The molecule has 0 spiro atoms. The van der Waals surface area contributed by atoms with Crippen molar-refractivity contribution in [3.05, 3.63) is 0 Å². The molecule has 4 heteroatoms. The van der Waals surface area contributed by atoms with E-state index in [2.05, 4.69) is 5.32 Å². The monoisotopic (exact) mass is 171 g/mol. The summed E-state index contributed by atoms with van der Waals surface area (Å²) in [6.45, 7) is 0.910. The second kappa shape index (κ2) is 3.03. The molecule has 2 fully saturated rings. The highest BCUT2D eigenvalue weighted by Crippen LogP contribution is 2.23. The molecular weight excluding hydrogens is 158 g/mol. The molecule has 12 heavy (non-hydrogen) atoms. The fourth-order valence-electron chi connectivity index (χ4n) is 1.51. The average Bonchev–Trinajstić information content (AvgIpc) is 2.66. The van der Waals surface area contributed by atoms with Gasteiger partial charge in [0.05, 0.1) is 19.1 Å². The summed E-state index contributed by atoms with van der Waals surface area (Å²) in [6.07, 6.45) is 2.37. The first-order chi connectivity index (χ1) is 5.77.